The van der Waals surface area contributed by atoms with E-state index in [1.165, 1.54) is 32.1 Å². The molecule has 2 heteroatoms. The third kappa shape index (κ3) is 4.32. The van der Waals surface area contributed by atoms with E-state index in [0.29, 0.717) is 5.92 Å². The Morgan fingerprint density at radius 2 is 1.87 bits per heavy atom. The van der Waals surface area contributed by atoms with Gasteiger partial charge in [-0.3, -0.25) is 0 Å². The molecule has 1 rings (SSSR count). The SMILES string of the molecule is CCC1CCC(N(C)CC(C)CCl)CC1. The van der Waals surface area contributed by atoms with Gasteiger partial charge < -0.3 is 4.90 Å². The van der Waals surface area contributed by atoms with Gasteiger partial charge in [-0.05, 0) is 44.6 Å². The Bertz CT molecular complexity index is 164. The van der Waals surface area contributed by atoms with Gasteiger partial charge in [0, 0.05) is 18.5 Å². The minimum atomic E-state index is 0.626. The zero-order valence-electron chi connectivity index (χ0n) is 10.5. The van der Waals surface area contributed by atoms with Crippen LogP contribution in [0.25, 0.3) is 0 Å². The smallest absolute Gasteiger partial charge is 0.0261 e. The van der Waals surface area contributed by atoms with E-state index in [4.69, 9.17) is 11.6 Å². The minimum Gasteiger partial charge on any atom is -0.303 e. The highest BCUT2D eigenvalue weighted by Gasteiger charge is 2.23. The Kier molecular flexibility index (Phi) is 5.99. The van der Waals surface area contributed by atoms with E-state index in [1.807, 2.05) is 0 Å². The number of nitrogens with zero attached hydrogens (tertiary/aromatic N) is 1. The summed E-state index contributed by atoms with van der Waals surface area (Å²) in [5, 5.41) is 0. The largest absolute Gasteiger partial charge is 0.303 e. The Morgan fingerprint density at radius 1 is 1.27 bits per heavy atom. The van der Waals surface area contributed by atoms with Crippen molar-refractivity contribution in [1.82, 2.24) is 4.90 Å². The molecule has 1 nitrogen and oxygen atoms in total. The van der Waals surface area contributed by atoms with Gasteiger partial charge in [0.05, 0.1) is 0 Å². The van der Waals surface area contributed by atoms with E-state index in [9.17, 15) is 0 Å². The van der Waals surface area contributed by atoms with Gasteiger partial charge in [0.25, 0.3) is 0 Å². The molecule has 1 fully saturated rings. The second kappa shape index (κ2) is 6.75. The van der Waals surface area contributed by atoms with Crippen molar-refractivity contribution >= 4 is 11.6 Å². The lowest BCUT2D eigenvalue weighted by Crippen LogP contribution is -2.38. The maximum absolute atomic E-state index is 5.85. The van der Waals surface area contributed by atoms with Crippen molar-refractivity contribution in [3.05, 3.63) is 0 Å². The molecule has 0 heterocycles. The molecule has 1 saturated carbocycles. The summed E-state index contributed by atoms with van der Waals surface area (Å²) in [5.41, 5.74) is 0. The lowest BCUT2D eigenvalue weighted by atomic mass is 9.84. The van der Waals surface area contributed by atoms with E-state index in [1.54, 1.807) is 0 Å². The monoisotopic (exact) mass is 231 g/mol. The zero-order chi connectivity index (χ0) is 11.3. The molecule has 0 aliphatic heterocycles. The van der Waals surface area contributed by atoms with Crippen molar-refractivity contribution < 1.29 is 0 Å². The third-order valence-electron chi connectivity index (χ3n) is 3.88. The quantitative estimate of drug-likeness (QED) is 0.652. The standard InChI is InChI=1S/C13H26ClN/c1-4-12-5-7-13(8-6-12)15(3)10-11(2)9-14/h11-13H,4-10H2,1-3H3. The van der Waals surface area contributed by atoms with Crippen molar-refractivity contribution in [1.29, 1.82) is 0 Å². The van der Waals surface area contributed by atoms with Crippen LogP contribution in [0.4, 0.5) is 0 Å². The fourth-order valence-electron chi connectivity index (χ4n) is 2.68. The molecule has 90 valence electrons. The van der Waals surface area contributed by atoms with Crippen molar-refractivity contribution in [3.63, 3.8) is 0 Å². The molecule has 1 aliphatic rings. The van der Waals surface area contributed by atoms with Crippen LogP contribution in [0.15, 0.2) is 0 Å². The molecule has 1 atom stereocenters. The van der Waals surface area contributed by atoms with Gasteiger partial charge in [0.2, 0.25) is 0 Å². The first kappa shape index (κ1) is 13.3. The van der Waals surface area contributed by atoms with Gasteiger partial charge in [-0.15, -0.1) is 11.6 Å². The summed E-state index contributed by atoms with van der Waals surface area (Å²) < 4.78 is 0. The van der Waals surface area contributed by atoms with E-state index < -0.39 is 0 Å². The lowest BCUT2D eigenvalue weighted by Gasteiger charge is -2.35. The van der Waals surface area contributed by atoms with Crippen LogP contribution in [0, 0.1) is 11.8 Å². The minimum absolute atomic E-state index is 0.626. The molecule has 0 aromatic carbocycles. The molecule has 15 heavy (non-hydrogen) atoms. The van der Waals surface area contributed by atoms with Crippen LogP contribution in [0.2, 0.25) is 0 Å². The fourth-order valence-corrected chi connectivity index (χ4v) is 2.78. The Labute approximate surface area is 100 Å². The van der Waals surface area contributed by atoms with Crippen LogP contribution in [-0.4, -0.2) is 30.4 Å². The van der Waals surface area contributed by atoms with Crippen LogP contribution in [0.3, 0.4) is 0 Å². The van der Waals surface area contributed by atoms with Crippen molar-refractivity contribution in [2.45, 2.75) is 52.0 Å². The summed E-state index contributed by atoms with van der Waals surface area (Å²) in [6.45, 7) is 5.72. The predicted molar refractivity (Wildman–Crippen MR) is 68.6 cm³/mol. The van der Waals surface area contributed by atoms with Crippen LogP contribution in [-0.2, 0) is 0 Å². The van der Waals surface area contributed by atoms with Gasteiger partial charge in [-0.2, -0.15) is 0 Å². The van der Waals surface area contributed by atoms with Gasteiger partial charge >= 0.3 is 0 Å². The van der Waals surface area contributed by atoms with E-state index >= 15 is 0 Å². The number of alkyl halides is 1. The first-order valence-electron chi connectivity index (χ1n) is 6.43. The molecule has 0 saturated heterocycles. The summed E-state index contributed by atoms with van der Waals surface area (Å²) in [4.78, 5) is 2.53. The molecule has 0 spiro atoms. The molecule has 0 aromatic heterocycles. The molecular formula is C13H26ClN. The molecule has 0 N–H and O–H groups in total. The molecule has 1 unspecified atom stereocenters. The highest BCUT2D eigenvalue weighted by Crippen LogP contribution is 2.29. The Hall–Kier alpha value is 0.250. The average molecular weight is 232 g/mol. The number of hydrogen-bond donors (Lipinski definition) is 0. The summed E-state index contributed by atoms with van der Waals surface area (Å²) in [5.74, 6) is 2.41. The highest BCUT2D eigenvalue weighted by molar-refractivity contribution is 6.18. The van der Waals surface area contributed by atoms with Gasteiger partial charge in [0.15, 0.2) is 0 Å². The first-order chi connectivity index (χ1) is 7.17. The second-order valence-electron chi connectivity index (χ2n) is 5.28. The average Bonchev–Trinajstić information content (AvgIpc) is 2.29. The molecule has 0 amide bonds. The van der Waals surface area contributed by atoms with Gasteiger partial charge in [-0.25, -0.2) is 0 Å². The van der Waals surface area contributed by atoms with E-state index in [2.05, 4.69) is 25.8 Å². The Morgan fingerprint density at radius 3 is 2.33 bits per heavy atom. The summed E-state index contributed by atoms with van der Waals surface area (Å²) in [6, 6.07) is 0.818. The summed E-state index contributed by atoms with van der Waals surface area (Å²) >= 11 is 5.85. The highest BCUT2D eigenvalue weighted by atomic mass is 35.5. The first-order valence-corrected chi connectivity index (χ1v) is 6.97. The number of rotatable bonds is 5. The molecule has 0 bridgehead atoms. The lowest BCUT2D eigenvalue weighted by molar-refractivity contribution is 0.151. The zero-order valence-corrected chi connectivity index (χ0v) is 11.3. The summed E-state index contributed by atoms with van der Waals surface area (Å²) in [7, 11) is 2.26. The fraction of sp³-hybridized carbons (Fsp3) is 1.00. The summed E-state index contributed by atoms with van der Waals surface area (Å²) in [6.07, 6.45) is 7.02. The van der Waals surface area contributed by atoms with E-state index in [0.717, 1.165) is 24.4 Å². The third-order valence-corrected chi connectivity index (χ3v) is 4.41. The molecule has 0 radical (unpaired) electrons. The topological polar surface area (TPSA) is 3.24 Å². The maximum Gasteiger partial charge on any atom is 0.0261 e. The predicted octanol–water partition coefficient (Wildman–Crippen LogP) is 3.76. The molecule has 1 aliphatic carbocycles. The second-order valence-corrected chi connectivity index (χ2v) is 5.59. The normalized spacial score (nSPS) is 29.4. The van der Waals surface area contributed by atoms with Crippen molar-refractivity contribution in [2.24, 2.45) is 11.8 Å². The van der Waals surface area contributed by atoms with Crippen molar-refractivity contribution in [3.8, 4) is 0 Å². The Balaban J connectivity index is 2.26. The van der Waals surface area contributed by atoms with E-state index in [-0.39, 0.29) is 0 Å². The van der Waals surface area contributed by atoms with Crippen molar-refractivity contribution in [2.75, 3.05) is 19.5 Å². The van der Waals surface area contributed by atoms with Gasteiger partial charge in [-0.1, -0.05) is 20.3 Å². The van der Waals surface area contributed by atoms with Crippen LogP contribution in [0.5, 0.6) is 0 Å². The van der Waals surface area contributed by atoms with Crippen LogP contribution >= 0.6 is 11.6 Å². The van der Waals surface area contributed by atoms with Crippen LogP contribution < -0.4 is 0 Å². The number of halogens is 1. The van der Waals surface area contributed by atoms with Crippen LogP contribution in [0.1, 0.15) is 46.0 Å². The molecular weight excluding hydrogens is 206 g/mol. The molecule has 0 aromatic rings. The maximum atomic E-state index is 5.85. The van der Waals surface area contributed by atoms with Gasteiger partial charge in [0.1, 0.15) is 0 Å². The number of hydrogen-bond acceptors (Lipinski definition) is 1.